The molecule has 1 unspecified atom stereocenters. The van der Waals surface area contributed by atoms with E-state index in [0.717, 1.165) is 12.1 Å². The average molecular weight is 270 g/mol. The van der Waals surface area contributed by atoms with Crippen LogP contribution in [-0.4, -0.2) is 11.6 Å². The molecule has 2 rings (SSSR count). The minimum Gasteiger partial charge on any atom is -0.370 e. The summed E-state index contributed by atoms with van der Waals surface area (Å²) in [5.41, 5.74) is 10.4. The summed E-state index contributed by atoms with van der Waals surface area (Å²) in [5, 5.41) is 2.67. The van der Waals surface area contributed by atoms with Crippen molar-refractivity contribution in [3.63, 3.8) is 0 Å². The Morgan fingerprint density at radius 2 is 1.84 bits per heavy atom. The highest BCUT2D eigenvalue weighted by atomic mass is 19.4. The van der Waals surface area contributed by atoms with Crippen LogP contribution in [-0.2, 0) is 12.6 Å². The lowest BCUT2D eigenvalue weighted by Gasteiger charge is -2.25. The number of nitrogens with zero attached hydrogens (tertiary/aromatic N) is 1. The second-order valence-electron chi connectivity index (χ2n) is 4.34. The Morgan fingerprint density at radius 1 is 1.21 bits per heavy atom. The summed E-state index contributed by atoms with van der Waals surface area (Å²) < 4.78 is 37.3. The Morgan fingerprint density at radius 3 is 2.37 bits per heavy atom. The molecule has 102 valence electrons. The van der Waals surface area contributed by atoms with E-state index in [1.165, 1.54) is 12.1 Å². The Bertz CT molecular complexity index is 519. The number of hydrogen-bond donors (Lipinski definition) is 3. The van der Waals surface area contributed by atoms with Gasteiger partial charge in [0.15, 0.2) is 5.96 Å². The van der Waals surface area contributed by atoms with Crippen molar-refractivity contribution in [1.82, 2.24) is 5.32 Å². The SMILES string of the molecule is NC1=NC(N)(Cc2ccc(C(F)(F)F)cc2)C=CN1. The summed E-state index contributed by atoms with van der Waals surface area (Å²) in [7, 11) is 0. The maximum atomic E-state index is 12.4. The van der Waals surface area contributed by atoms with Gasteiger partial charge in [-0.25, -0.2) is 4.99 Å². The third kappa shape index (κ3) is 3.25. The molecule has 7 heteroatoms. The van der Waals surface area contributed by atoms with Gasteiger partial charge < -0.3 is 16.8 Å². The second kappa shape index (κ2) is 4.58. The van der Waals surface area contributed by atoms with Crippen molar-refractivity contribution in [3.05, 3.63) is 47.7 Å². The zero-order chi connectivity index (χ0) is 14.1. The number of hydrogen-bond acceptors (Lipinski definition) is 4. The van der Waals surface area contributed by atoms with Crippen LogP contribution in [0.15, 0.2) is 41.5 Å². The molecule has 0 spiro atoms. The van der Waals surface area contributed by atoms with Crippen molar-refractivity contribution >= 4 is 5.96 Å². The Kier molecular flexibility index (Phi) is 3.23. The molecule has 1 aromatic carbocycles. The summed E-state index contributed by atoms with van der Waals surface area (Å²) >= 11 is 0. The molecule has 0 fully saturated rings. The molecular formula is C12H13F3N4. The molecular weight excluding hydrogens is 257 g/mol. The fourth-order valence-corrected chi connectivity index (χ4v) is 1.80. The topological polar surface area (TPSA) is 76.4 Å². The number of rotatable bonds is 2. The number of benzene rings is 1. The normalized spacial score (nSPS) is 22.8. The Balaban J connectivity index is 2.16. The first kappa shape index (κ1) is 13.4. The Hall–Kier alpha value is -2.02. The minimum absolute atomic E-state index is 0.178. The molecule has 1 aromatic rings. The van der Waals surface area contributed by atoms with E-state index < -0.39 is 17.4 Å². The van der Waals surface area contributed by atoms with Crippen molar-refractivity contribution in [2.24, 2.45) is 16.5 Å². The summed E-state index contributed by atoms with van der Waals surface area (Å²) in [5.74, 6) is 0.178. The van der Waals surface area contributed by atoms with Crippen molar-refractivity contribution < 1.29 is 13.2 Å². The van der Waals surface area contributed by atoms with Crippen molar-refractivity contribution in [2.45, 2.75) is 18.3 Å². The van der Waals surface area contributed by atoms with Crippen LogP contribution in [0.3, 0.4) is 0 Å². The molecule has 4 nitrogen and oxygen atoms in total. The number of aliphatic imine (C=N–C) groups is 1. The van der Waals surface area contributed by atoms with E-state index in [2.05, 4.69) is 10.3 Å². The molecule has 0 aliphatic carbocycles. The van der Waals surface area contributed by atoms with E-state index in [9.17, 15) is 13.2 Å². The van der Waals surface area contributed by atoms with Crippen molar-refractivity contribution in [2.75, 3.05) is 0 Å². The molecule has 1 heterocycles. The van der Waals surface area contributed by atoms with E-state index in [-0.39, 0.29) is 12.4 Å². The zero-order valence-electron chi connectivity index (χ0n) is 9.91. The third-order valence-corrected chi connectivity index (χ3v) is 2.70. The summed E-state index contributed by atoms with van der Waals surface area (Å²) in [4.78, 5) is 4.03. The van der Waals surface area contributed by atoms with Gasteiger partial charge in [0, 0.05) is 12.6 Å². The first-order valence-corrected chi connectivity index (χ1v) is 5.53. The average Bonchev–Trinajstić information content (AvgIpc) is 2.27. The van der Waals surface area contributed by atoms with Gasteiger partial charge in [-0.15, -0.1) is 0 Å². The van der Waals surface area contributed by atoms with Gasteiger partial charge in [-0.05, 0) is 23.8 Å². The first-order chi connectivity index (χ1) is 8.78. The molecule has 0 saturated heterocycles. The number of halogens is 3. The van der Waals surface area contributed by atoms with Gasteiger partial charge in [0.1, 0.15) is 5.66 Å². The minimum atomic E-state index is -4.34. The summed E-state index contributed by atoms with van der Waals surface area (Å²) in [6.07, 6.45) is -0.895. The number of alkyl halides is 3. The smallest absolute Gasteiger partial charge is 0.370 e. The van der Waals surface area contributed by atoms with E-state index in [0.29, 0.717) is 5.56 Å². The van der Waals surface area contributed by atoms with E-state index in [4.69, 9.17) is 11.5 Å². The van der Waals surface area contributed by atoms with Crippen LogP contribution >= 0.6 is 0 Å². The first-order valence-electron chi connectivity index (χ1n) is 5.53. The molecule has 1 atom stereocenters. The lowest BCUT2D eigenvalue weighted by molar-refractivity contribution is -0.137. The lowest BCUT2D eigenvalue weighted by Crippen LogP contribution is -2.45. The second-order valence-corrected chi connectivity index (χ2v) is 4.34. The highest BCUT2D eigenvalue weighted by Crippen LogP contribution is 2.29. The molecule has 0 bridgehead atoms. The standard InChI is InChI=1S/C12H13F3N4/c13-12(14,15)9-3-1-8(2-4-9)7-11(17)5-6-18-10(16)19-11/h1-6H,7,17H2,(H3,16,18,19). The van der Waals surface area contributed by atoms with E-state index in [1.54, 1.807) is 12.3 Å². The van der Waals surface area contributed by atoms with E-state index >= 15 is 0 Å². The van der Waals surface area contributed by atoms with Gasteiger partial charge in [0.25, 0.3) is 0 Å². The van der Waals surface area contributed by atoms with Crippen LogP contribution in [0.4, 0.5) is 13.2 Å². The van der Waals surface area contributed by atoms with Crippen molar-refractivity contribution in [3.8, 4) is 0 Å². The summed E-state index contributed by atoms with van der Waals surface area (Å²) in [6.45, 7) is 0. The predicted molar refractivity (Wildman–Crippen MR) is 66.0 cm³/mol. The molecule has 1 aliphatic heterocycles. The molecule has 0 radical (unpaired) electrons. The van der Waals surface area contributed by atoms with Gasteiger partial charge in [0.05, 0.1) is 5.56 Å². The van der Waals surface area contributed by atoms with Crippen LogP contribution in [0.2, 0.25) is 0 Å². The van der Waals surface area contributed by atoms with E-state index in [1.807, 2.05) is 0 Å². The molecule has 0 aromatic heterocycles. The molecule has 19 heavy (non-hydrogen) atoms. The monoisotopic (exact) mass is 270 g/mol. The largest absolute Gasteiger partial charge is 0.416 e. The van der Waals surface area contributed by atoms with Gasteiger partial charge >= 0.3 is 6.18 Å². The number of nitrogens with one attached hydrogen (secondary N) is 1. The van der Waals surface area contributed by atoms with Gasteiger partial charge in [0.2, 0.25) is 0 Å². The number of guanidine groups is 1. The van der Waals surface area contributed by atoms with Crippen LogP contribution in [0.25, 0.3) is 0 Å². The van der Waals surface area contributed by atoms with Crippen LogP contribution in [0, 0.1) is 0 Å². The predicted octanol–water partition coefficient (Wildman–Crippen LogP) is 1.33. The number of nitrogens with two attached hydrogens (primary N) is 2. The highest BCUT2D eigenvalue weighted by molar-refractivity contribution is 5.80. The molecule has 5 N–H and O–H groups in total. The van der Waals surface area contributed by atoms with Crippen LogP contribution in [0.1, 0.15) is 11.1 Å². The Labute approximate surface area is 108 Å². The van der Waals surface area contributed by atoms with Crippen LogP contribution in [0.5, 0.6) is 0 Å². The van der Waals surface area contributed by atoms with Gasteiger partial charge in [-0.1, -0.05) is 12.1 Å². The fraction of sp³-hybridized carbons (Fsp3) is 0.250. The quantitative estimate of drug-likeness (QED) is 0.759. The van der Waals surface area contributed by atoms with Gasteiger partial charge in [-0.2, -0.15) is 13.2 Å². The maximum Gasteiger partial charge on any atom is 0.416 e. The lowest BCUT2D eigenvalue weighted by atomic mass is 9.99. The third-order valence-electron chi connectivity index (χ3n) is 2.70. The maximum absolute atomic E-state index is 12.4. The fourth-order valence-electron chi connectivity index (χ4n) is 1.80. The summed E-state index contributed by atoms with van der Waals surface area (Å²) in [6, 6.07) is 4.82. The molecule has 0 saturated carbocycles. The molecule has 0 amide bonds. The molecule has 1 aliphatic rings. The van der Waals surface area contributed by atoms with Crippen LogP contribution < -0.4 is 16.8 Å². The van der Waals surface area contributed by atoms with Crippen molar-refractivity contribution in [1.29, 1.82) is 0 Å². The van der Waals surface area contributed by atoms with Gasteiger partial charge in [-0.3, -0.25) is 0 Å². The zero-order valence-corrected chi connectivity index (χ0v) is 9.91. The highest BCUT2D eigenvalue weighted by Gasteiger charge is 2.30.